The molecule has 1 aromatic heterocycles. The van der Waals surface area contributed by atoms with E-state index in [4.69, 9.17) is 0 Å². The molecule has 0 spiro atoms. The molecule has 4 nitrogen and oxygen atoms in total. The number of aliphatic imine (C=N–C) groups is 1. The first-order valence-corrected chi connectivity index (χ1v) is 10.2. The highest BCUT2D eigenvalue weighted by molar-refractivity contribution is 9.10. The summed E-state index contributed by atoms with van der Waals surface area (Å²) in [7, 11) is 0. The third-order valence-corrected chi connectivity index (χ3v) is 6.02. The predicted octanol–water partition coefficient (Wildman–Crippen LogP) is 5.25. The Morgan fingerprint density at radius 3 is 2.74 bits per heavy atom. The van der Waals surface area contributed by atoms with Crippen molar-refractivity contribution in [3.8, 4) is 5.88 Å². The van der Waals surface area contributed by atoms with Crippen LogP contribution < -0.4 is 4.87 Å². The minimum absolute atomic E-state index is 0.00563. The number of rotatable bonds is 4. The van der Waals surface area contributed by atoms with Gasteiger partial charge in [-0.3, -0.25) is 14.4 Å². The molecule has 27 heavy (non-hydrogen) atoms. The van der Waals surface area contributed by atoms with Crippen LogP contribution in [0.1, 0.15) is 28.5 Å². The summed E-state index contributed by atoms with van der Waals surface area (Å²) in [4.78, 5) is 17.3. The average Bonchev–Trinajstić information content (AvgIpc) is 3.20. The Labute approximate surface area is 169 Å². The Bertz CT molecular complexity index is 1120. The highest BCUT2D eigenvalue weighted by Crippen LogP contribution is 2.37. The molecule has 4 rings (SSSR count). The third-order valence-electron chi connectivity index (χ3n) is 4.58. The molecule has 1 N–H and O–H groups in total. The number of aromatic nitrogens is 1. The van der Waals surface area contributed by atoms with Crippen LogP contribution in [0.5, 0.6) is 5.88 Å². The largest absolute Gasteiger partial charge is 0.493 e. The number of hydrogen-bond donors (Lipinski definition) is 1. The van der Waals surface area contributed by atoms with E-state index in [-0.39, 0.29) is 10.8 Å². The molecule has 0 atom stereocenters. The number of benzene rings is 2. The maximum atomic E-state index is 12.4. The van der Waals surface area contributed by atoms with Crippen molar-refractivity contribution in [2.24, 2.45) is 4.99 Å². The van der Waals surface area contributed by atoms with E-state index >= 15 is 0 Å². The van der Waals surface area contributed by atoms with Gasteiger partial charge in [-0.1, -0.05) is 64.5 Å². The maximum Gasteiger partial charge on any atom is 0.310 e. The smallest absolute Gasteiger partial charge is 0.310 e. The van der Waals surface area contributed by atoms with Gasteiger partial charge >= 0.3 is 4.87 Å². The Balaban J connectivity index is 1.69. The van der Waals surface area contributed by atoms with Crippen LogP contribution in [0.25, 0.3) is 11.6 Å². The van der Waals surface area contributed by atoms with Crippen LogP contribution in [-0.2, 0) is 13.0 Å². The molecule has 0 fully saturated rings. The number of allylic oxidation sites excluding steroid dienone is 1. The van der Waals surface area contributed by atoms with Crippen molar-refractivity contribution >= 4 is 50.8 Å². The summed E-state index contributed by atoms with van der Waals surface area (Å²) in [6.07, 6.45) is 4.55. The zero-order valence-electron chi connectivity index (χ0n) is 14.6. The van der Waals surface area contributed by atoms with E-state index < -0.39 is 0 Å². The summed E-state index contributed by atoms with van der Waals surface area (Å²) in [5.41, 5.74) is 5.07. The summed E-state index contributed by atoms with van der Waals surface area (Å²) in [5.74, 6) is -0.00563. The summed E-state index contributed by atoms with van der Waals surface area (Å²) in [6, 6.07) is 13.8. The first kappa shape index (κ1) is 17.9. The van der Waals surface area contributed by atoms with Gasteiger partial charge in [-0.25, -0.2) is 0 Å². The number of nitrogens with zero attached hydrogens (tertiary/aromatic N) is 2. The van der Waals surface area contributed by atoms with Crippen LogP contribution in [0.15, 0.2) is 56.7 Å². The predicted molar refractivity (Wildman–Crippen MR) is 115 cm³/mol. The second-order valence-corrected chi connectivity index (χ2v) is 8.20. The lowest BCUT2D eigenvalue weighted by Gasteiger charge is -2.05. The van der Waals surface area contributed by atoms with Crippen molar-refractivity contribution in [1.82, 2.24) is 4.57 Å². The van der Waals surface area contributed by atoms with Crippen molar-refractivity contribution in [3.05, 3.63) is 78.2 Å². The highest BCUT2D eigenvalue weighted by atomic mass is 79.9. The van der Waals surface area contributed by atoms with Gasteiger partial charge in [-0.2, -0.15) is 0 Å². The van der Waals surface area contributed by atoms with Gasteiger partial charge in [0.25, 0.3) is 0 Å². The third kappa shape index (κ3) is 3.42. The lowest BCUT2D eigenvalue weighted by Crippen LogP contribution is -2.13. The quantitative estimate of drug-likeness (QED) is 0.602. The van der Waals surface area contributed by atoms with E-state index in [0.717, 1.165) is 44.6 Å². The molecule has 2 heterocycles. The monoisotopic (exact) mass is 440 g/mol. The van der Waals surface area contributed by atoms with Crippen LogP contribution >= 0.6 is 27.3 Å². The molecule has 0 unspecified atom stereocenters. The molecule has 0 aliphatic carbocycles. The molecule has 0 bridgehead atoms. The lowest BCUT2D eigenvalue weighted by atomic mass is 10.0. The van der Waals surface area contributed by atoms with Gasteiger partial charge in [0.15, 0.2) is 0 Å². The molecule has 0 radical (unpaired) electrons. The zero-order valence-corrected chi connectivity index (χ0v) is 17.0. The van der Waals surface area contributed by atoms with Crippen molar-refractivity contribution in [1.29, 1.82) is 0 Å². The highest BCUT2D eigenvalue weighted by Gasteiger charge is 2.18. The first-order chi connectivity index (χ1) is 13.1. The Hall–Kier alpha value is -2.44. The van der Waals surface area contributed by atoms with E-state index in [1.165, 1.54) is 10.1 Å². The molecule has 0 saturated heterocycles. The van der Waals surface area contributed by atoms with Crippen LogP contribution in [-0.4, -0.2) is 15.9 Å². The molecule has 0 saturated carbocycles. The van der Waals surface area contributed by atoms with Crippen molar-refractivity contribution in [2.45, 2.75) is 19.9 Å². The number of aryl methyl sites for hydroxylation is 1. The number of para-hydroxylation sites is 1. The topological polar surface area (TPSA) is 54.6 Å². The van der Waals surface area contributed by atoms with Crippen molar-refractivity contribution < 1.29 is 5.11 Å². The fourth-order valence-electron chi connectivity index (χ4n) is 3.14. The minimum atomic E-state index is -0.181. The second kappa shape index (κ2) is 7.29. The van der Waals surface area contributed by atoms with Gasteiger partial charge in [-0.15, -0.1) is 0 Å². The molecule has 0 amide bonds. The summed E-state index contributed by atoms with van der Waals surface area (Å²) in [5, 5.41) is 10.6. The van der Waals surface area contributed by atoms with Crippen LogP contribution in [0.3, 0.4) is 0 Å². The molecule has 1 aliphatic rings. The second-order valence-electron chi connectivity index (χ2n) is 6.29. The molecule has 2 aromatic carbocycles. The van der Waals surface area contributed by atoms with E-state index in [9.17, 15) is 9.90 Å². The molecule has 1 aliphatic heterocycles. The Morgan fingerprint density at radius 2 is 2.00 bits per heavy atom. The van der Waals surface area contributed by atoms with Crippen molar-refractivity contribution in [3.63, 3.8) is 0 Å². The van der Waals surface area contributed by atoms with Gasteiger partial charge in [0, 0.05) is 21.8 Å². The number of aromatic hydroxyl groups is 1. The Kier molecular flexibility index (Phi) is 4.85. The number of fused-ring (bicyclic) bond motifs is 1. The van der Waals surface area contributed by atoms with Crippen LogP contribution in [0, 0.1) is 0 Å². The first-order valence-electron chi connectivity index (χ1n) is 8.62. The Morgan fingerprint density at radius 1 is 1.22 bits per heavy atom. The van der Waals surface area contributed by atoms with Gasteiger partial charge in [0.1, 0.15) is 0 Å². The summed E-state index contributed by atoms with van der Waals surface area (Å²) < 4.78 is 2.37. The average molecular weight is 441 g/mol. The van der Waals surface area contributed by atoms with E-state index in [1.807, 2.05) is 42.5 Å². The van der Waals surface area contributed by atoms with Crippen molar-refractivity contribution in [2.75, 3.05) is 0 Å². The molecule has 3 aromatic rings. The molecule has 136 valence electrons. The minimum Gasteiger partial charge on any atom is -0.493 e. The van der Waals surface area contributed by atoms with E-state index in [1.54, 1.807) is 6.21 Å². The number of halogens is 1. The van der Waals surface area contributed by atoms with Gasteiger partial charge in [0.2, 0.25) is 5.88 Å². The molecular formula is C21H17BrN2O2S. The van der Waals surface area contributed by atoms with Gasteiger partial charge in [-0.05, 0) is 35.8 Å². The lowest BCUT2D eigenvalue weighted by molar-refractivity contribution is 0.420. The fourth-order valence-corrected chi connectivity index (χ4v) is 4.24. The fraction of sp³-hybridized carbons (Fsp3) is 0.143. The maximum absolute atomic E-state index is 12.4. The normalized spacial score (nSPS) is 14.1. The standard InChI is InChI=1S/C21H17BrN2O2S/c1-2-14-4-3-5-17-15(11-23-19(14)17)10-18-20(25)24(21(26)27-18)12-13-6-8-16(22)9-7-13/h3-11,25H,2,12H2,1H3. The van der Waals surface area contributed by atoms with E-state index in [0.29, 0.717) is 11.4 Å². The van der Waals surface area contributed by atoms with Crippen LogP contribution in [0.4, 0.5) is 5.69 Å². The summed E-state index contributed by atoms with van der Waals surface area (Å²) >= 11 is 4.45. The number of hydrogen-bond acceptors (Lipinski definition) is 4. The summed E-state index contributed by atoms with van der Waals surface area (Å²) in [6.45, 7) is 2.44. The van der Waals surface area contributed by atoms with E-state index in [2.05, 4.69) is 33.9 Å². The molecular weight excluding hydrogens is 424 g/mol. The van der Waals surface area contributed by atoms with Gasteiger partial charge < -0.3 is 5.11 Å². The number of thiazole rings is 1. The zero-order chi connectivity index (χ0) is 19.0. The van der Waals surface area contributed by atoms with Gasteiger partial charge in [0.05, 0.1) is 17.1 Å². The molecule has 6 heteroatoms. The SMILES string of the molecule is CCc1cccc2c1N=CC2=Cc1sc(=O)n(Cc2ccc(Br)cc2)c1O. The van der Waals surface area contributed by atoms with Crippen LogP contribution in [0.2, 0.25) is 0 Å².